The second-order valence-corrected chi connectivity index (χ2v) is 5.98. The molecule has 96 valence electrons. The van der Waals surface area contributed by atoms with Crippen molar-refractivity contribution in [3.63, 3.8) is 0 Å². The summed E-state index contributed by atoms with van der Waals surface area (Å²) in [5, 5.41) is 4.02. The molecule has 0 radical (unpaired) electrons. The Hall–Kier alpha value is -1.07. The fourth-order valence-electron chi connectivity index (χ4n) is 1.73. The summed E-state index contributed by atoms with van der Waals surface area (Å²) >= 11 is 19.6. The van der Waals surface area contributed by atoms with Gasteiger partial charge in [0.15, 0.2) is 5.82 Å². The largest absolute Gasteiger partial charge is 0.383 e. The summed E-state index contributed by atoms with van der Waals surface area (Å²) in [6.07, 6.45) is 0. The van der Waals surface area contributed by atoms with Gasteiger partial charge in [0.2, 0.25) is 0 Å². The van der Waals surface area contributed by atoms with Crippen molar-refractivity contribution in [2.24, 2.45) is 0 Å². The van der Waals surface area contributed by atoms with Crippen LogP contribution in [0.2, 0.25) is 15.1 Å². The summed E-state index contributed by atoms with van der Waals surface area (Å²) in [6.45, 7) is 0. The third-order valence-corrected chi connectivity index (χ3v) is 4.41. The van der Waals surface area contributed by atoms with E-state index in [1.54, 1.807) is 18.2 Å². The molecule has 0 aliphatic heterocycles. The molecular formula is C12H6Cl3N3S. The number of aromatic nitrogens is 2. The van der Waals surface area contributed by atoms with Crippen molar-refractivity contribution >= 4 is 62.9 Å². The molecule has 0 saturated heterocycles. The van der Waals surface area contributed by atoms with Crippen molar-refractivity contribution in [3.8, 4) is 10.7 Å². The molecule has 1 aromatic carbocycles. The van der Waals surface area contributed by atoms with Crippen LogP contribution in [0.25, 0.3) is 21.6 Å². The van der Waals surface area contributed by atoms with Crippen molar-refractivity contribution in [1.29, 1.82) is 0 Å². The van der Waals surface area contributed by atoms with Crippen LogP contribution >= 0.6 is 46.1 Å². The van der Waals surface area contributed by atoms with Crippen LogP contribution in [0.1, 0.15) is 0 Å². The quantitative estimate of drug-likeness (QED) is 0.690. The molecule has 3 aromatic rings. The number of nitrogen functional groups attached to an aromatic ring is 1. The second-order valence-electron chi connectivity index (χ2n) is 3.81. The fraction of sp³-hybridized carbons (Fsp3) is 0. The van der Waals surface area contributed by atoms with Gasteiger partial charge in [-0.05, 0) is 23.6 Å². The number of hydrogen-bond acceptors (Lipinski definition) is 4. The van der Waals surface area contributed by atoms with Crippen LogP contribution in [-0.4, -0.2) is 9.97 Å². The molecule has 2 N–H and O–H groups in total. The van der Waals surface area contributed by atoms with Gasteiger partial charge in [-0.1, -0.05) is 34.8 Å². The molecule has 0 saturated carbocycles. The molecule has 0 fully saturated rings. The Morgan fingerprint density at radius 3 is 2.53 bits per heavy atom. The van der Waals surface area contributed by atoms with Crippen LogP contribution in [0.4, 0.5) is 5.82 Å². The van der Waals surface area contributed by atoms with E-state index in [1.807, 2.05) is 5.38 Å². The molecule has 0 atom stereocenters. The zero-order valence-corrected chi connectivity index (χ0v) is 12.4. The van der Waals surface area contributed by atoms with E-state index in [1.165, 1.54) is 11.3 Å². The molecule has 0 aliphatic carbocycles. The first kappa shape index (κ1) is 12.9. The smallest absolute Gasteiger partial charge is 0.173 e. The lowest BCUT2D eigenvalue weighted by Gasteiger charge is -2.06. The van der Waals surface area contributed by atoms with Crippen molar-refractivity contribution < 1.29 is 0 Å². The lowest BCUT2D eigenvalue weighted by Crippen LogP contribution is -1.97. The summed E-state index contributed by atoms with van der Waals surface area (Å²) in [5.41, 5.74) is 6.51. The van der Waals surface area contributed by atoms with E-state index in [2.05, 4.69) is 9.97 Å². The lowest BCUT2D eigenvalue weighted by atomic mass is 10.2. The van der Waals surface area contributed by atoms with Crippen LogP contribution < -0.4 is 5.73 Å². The fourth-order valence-corrected chi connectivity index (χ4v) is 3.34. The van der Waals surface area contributed by atoms with Gasteiger partial charge in [0.05, 0.1) is 20.4 Å². The zero-order chi connectivity index (χ0) is 13.6. The number of nitrogens with two attached hydrogens (primary N) is 1. The molecule has 0 unspecified atom stereocenters. The second kappa shape index (κ2) is 4.80. The van der Waals surface area contributed by atoms with E-state index >= 15 is 0 Å². The van der Waals surface area contributed by atoms with Gasteiger partial charge in [-0.2, -0.15) is 0 Å². The Bertz CT molecular complexity index is 785. The Labute approximate surface area is 127 Å². The van der Waals surface area contributed by atoms with Crippen LogP contribution in [0.5, 0.6) is 0 Å². The normalized spacial score (nSPS) is 11.1. The minimum Gasteiger partial charge on any atom is -0.383 e. The molecule has 3 nitrogen and oxygen atoms in total. The topological polar surface area (TPSA) is 51.8 Å². The number of fused-ring (bicyclic) bond motifs is 1. The molecular weight excluding hydrogens is 325 g/mol. The average Bonchev–Trinajstić information content (AvgIpc) is 2.76. The number of nitrogens with zero attached hydrogens (tertiary/aromatic N) is 2. The van der Waals surface area contributed by atoms with Gasteiger partial charge in [0, 0.05) is 10.4 Å². The van der Waals surface area contributed by atoms with Gasteiger partial charge >= 0.3 is 0 Å². The van der Waals surface area contributed by atoms with Crippen LogP contribution in [0.3, 0.4) is 0 Å². The number of rotatable bonds is 1. The highest BCUT2D eigenvalue weighted by Gasteiger charge is 2.14. The third-order valence-electron chi connectivity index (χ3n) is 2.57. The van der Waals surface area contributed by atoms with Crippen LogP contribution in [0.15, 0.2) is 23.6 Å². The number of halogens is 3. The number of benzene rings is 1. The first-order valence-corrected chi connectivity index (χ1v) is 7.23. The molecule has 0 amide bonds. The minimum atomic E-state index is 0.328. The zero-order valence-electron chi connectivity index (χ0n) is 9.32. The molecule has 0 spiro atoms. The minimum absolute atomic E-state index is 0.328. The summed E-state index contributed by atoms with van der Waals surface area (Å²) in [7, 11) is 0. The molecule has 7 heteroatoms. The molecule has 19 heavy (non-hydrogen) atoms. The summed E-state index contributed by atoms with van der Waals surface area (Å²) < 4.78 is 0. The van der Waals surface area contributed by atoms with Gasteiger partial charge in [0.25, 0.3) is 0 Å². The molecule has 3 rings (SSSR count). The Balaban J connectivity index is 2.34. The van der Waals surface area contributed by atoms with Gasteiger partial charge in [-0.25, -0.2) is 9.97 Å². The first-order valence-electron chi connectivity index (χ1n) is 5.22. The maximum atomic E-state index is 6.15. The monoisotopic (exact) mass is 329 g/mol. The van der Waals surface area contributed by atoms with Gasteiger partial charge in [0.1, 0.15) is 5.82 Å². The SMILES string of the molecule is Nc1nc(-c2sccc2Cl)nc2c(Cl)cc(Cl)cc12. The molecule has 0 aliphatic rings. The standard InChI is InChI=1S/C12H6Cl3N3S/c13-5-3-6-9(8(15)4-5)17-12(18-11(6)16)10-7(14)1-2-19-10/h1-4H,(H2,16,17,18). The number of thiophene rings is 1. The van der Waals surface area contributed by atoms with Crippen molar-refractivity contribution in [2.75, 3.05) is 5.73 Å². The average molecular weight is 331 g/mol. The Morgan fingerprint density at radius 2 is 1.84 bits per heavy atom. The Morgan fingerprint density at radius 1 is 1.05 bits per heavy atom. The van der Waals surface area contributed by atoms with Crippen LogP contribution in [0, 0.1) is 0 Å². The molecule has 0 bridgehead atoms. The van der Waals surface area contributed by atoms with E-state index in [4.69, 9.17) is 40.5 Å². The van der Waals surface area contributed by atoms with Crippen molar-refractivity contribution in [2.45, 2.75) is 0 Å². The third kappa shape index (κ3) is 2.25. The predicted octanol–water partition coefficient (Wildman–Crippen LogP) is 4.90. The van der Waals surface area contributed by atoms with E-state index in [9.17, 15) is 0 Å². The van der Waals surface area contributed by atoms with E-state index < -0.39 is 0 Å². The van der Waals surface area contributed by atoms with Gasteiger partial charge < -0.3 is 5.73 Å². The molecule has 2 heterocycles. The van der Waals surface area contributed by atoms with E-state index in [-0.39, 0.29) is 0 Å². The maximum absolute atomic E-state index is 6.15. The van der Waals surface area contributed by atoms with E-state index in [0.29, 0.717) is 37.6 Å². The van der Waals surface area contributed by atoms with Crippen LogP contribution in [-0.2, 0) is 0 Å². The summed E-state index contributed by atoms with van der Waals surface area (Å²) in [5.74, 6) is 0.795. The van der Waals surface area contributed by atoms with E-state index in [0.717, 1.165) is 4.88 Å². The molecule has 2 aromatic heterocycles. The maximum Gasteiger partial charge on any atom is 0.173 e. The van der Waals surface area contributed by atoms with Gasteiger partial charge in [-0.15, -0.1) is 11.3 Å². The lowest BCUT2D eigenvalue weighted by molar-refractivity contribution is 1.25. The Kier molecular flexibility index (Phi) is 3.27. The summed E-state index contributed by atoms with van der Waals surface area (Å²) in [6, 6.07) is 5.10. The highest BCUT2D eigenvalue weighted by Crippen LogP contribution is 2.35. The number of anilines is 1. The van der Waals surface area contributed by atoms with Gasteiger partial charge in [-0.3, -0.25) is 0 Å². The highest BCUT2D eigenvalue weighted by atomic mass is 35.5. The first-order chi connectivity index (χ1) is 9.06. The highest BCUT2D eigenvalue weighted by molar-refractivity contribution is 7.14. The predicted molar refractivity (Wildman–Crippen MR) is 82.3 cm³/mol. The van der Waals surface area contributed by atoms with Crippen molar-refractivity contribution in [3.05, 3.63) is 38.6 Å². The van der Waals surface area contributed by atoms with Crippen molar-refractivity contribution in [1.82, 2.24) is 9.97 Å². The number of hydrogen-bond donors (Lipinski definition) is 1. The summed E-state index contributed by atoms with van der Waals surface area (Å²) in [4.78, 5) is 9.45.